The molecule has 0 radical (unpaired) electrons. The predicted octanol–water partition coefficient (Wildman–Crippen LogP) is 5.43. The Morgan fingerprint density at radius 3 is 2.20 bits per heavy atom. The van der Waals surface area contributed by atoms with E-state index < -0.39 is 29.4 Å². The summed E-state index contributed by atoms with van der Waals surface area (Å²) in [5.74, 6) is -2.04. The second-order valence-corrected chi connectivity index (χ2v) is 5.88. The highest BCUT2D eigenvalue weighted by Gasteiger charge is 2.36. The molecular formula is C16H17ClF5N3. The molecule has 0 aliphatic heterocycles. The maximum atomic E-state index is 14.5. The van der Waals surface area contributed by atoms with E-state index in [0.717, 1.165) is 19.1 Å². The normalized spacial score (nSPS) is 13.2. The second kappa shape index (κ2) is 7.19. The second-order valence-electron chi connectivity index (χ2n) is 5.50. The van der Waals surface area contributed by atoms with E-state index in [1.807, 2.05) is 5.32 Å². The van der Waals surface area contributed by atoms with E-state index >= 15 is 0 Å². The summed E-state index contributed by atoms with van der Waals surface area (Å²) in [4.78, 5) is 0. The number of nitrogens with one attached hydrogen (secondary N) is 1. The molecule has 0 spiro atoms. The van der Waals surface area contributed by atoms with Crippen LogP contribution in [0.15, 0.2) is 12.1 Å². The van der Waals surface area contributed by atoms with Crippen LogP contribution < -0.4 is 5.32 Å². The Morgan fingerprint density at radius 2 is 1.76 bits per heavy atom. The van der Waals surface area contributed by atoms with Crippen molar-refractivity contribution in [3.05, 3.63) is 34.5 Å². The summed E-state index contributed by atoms with van der Waals surface area (Å²) < 4.78 is 68.1. The van der Waals surface area contributed by atoms with E-state index in [4.69, 9.17) is 11.6 Å². The van der Waals surface area contributed by atoms with Crippen LogP contribution in [0.3, 0.4) is 0 Å². The first-order valence-electron chi connectivity index (χ1n) is 7.67. The Hall–Kier alpha value is -1.83. The molecule has 1 atom stereocenters. The van der Waals surface area contributed by atoms with Gasteiger partial charge in [0.15, 0.2) is 0 Å². The number of benzene rings is 1. The third-order valence-electron chi connectivity index (χ3n) is 3.75. The largest absolute Gasteiger partial charge is 0.408 e. The van der Waals surface area contributed by atoms with Crippen molar-refractivity contribution in [3.8, 4) is 11.3 Å². The molecule has 2 rings (SSSR count). The van der Waals surface area contributed by atoms with Gasteiger partial charge in [-0.2, -0.15) is 18.3 Å². The van der Waals surface area contributed by atoms with Gasteiger partial charge in [-0.25, -0.2) is 8.78 Å². The number of aromatic nitrogens is 2. The first-order valence-corrected chi connectivity index (χ1v) is 8.05. The monoisotopic (exact) mass is 381 g/mol. The van der Waals surface area contributed by atoms with Gasteiger partial charge in [0, 0.05) is 12.2 Å². The molecule has 0 unspecified atom stereocenters. The molecule has 1 heterocycles. The Kier molecular flexibility index (Phi) is 5.61. The Morgan fingerprint density at radius 1 is 1.20 bits per heavy atom. The molecule has 1 N–H and O–H groups in total. The van der Waals surface area contributed by atoms with Crippen molar-refractivity contribution < 1.29 is 22.0 Å². The van der Waals surface area contributed by atoms with Crippen LogP contribution >= 0.6 is 11.6 Å². The molecule has 0 aliphatic rings. The summed E-state index contributed by atoms with van der Waals surface area (Å²) >= 11 is 6.19. The average Bonchev–Trinajstić information content (AvgIpc) is 2.82. The predicted molar refractivity (Wildman–Crippen MR) is 86.8 cm³/mol. The average molecular weight is 382 g/mol. The molecule has 0 saturated carbocycles. The molecule has 0 bridgehead atoms. The lowest BCUT2D eigenvalue weighted by molar-refractivity contribution is -0.138. The standard InChI is InChI=1S/C16H17ClF5N3/c1-4-12-14(17)15(25(5-2)24-12)13-10(18)6-9(7-11(13)19)23-8(3)16(20,21)22/h6-8,23H,4-5H2,1-3H3/t8-/m1/s1. The van der Waals surface area contributed by atoms with Crippen molar-refractivity contribution in [1.29, 1.82) is 0 Å². The Bertz CT molecular complexity index is 747. The molecule has 138 valence electrons. The van der Waals surface area contributed by atoms with Gasteiger partial charge in [0.2, 0.25) is 0 Å². The Balaban J connectivity index is 2.50. The first kappa shape index (κ1) is 19.5. The zero-order chi connectivity index (χ0) is 18.9. The highest BCUT2D eigenvalue weighted by Crippen LogP contribution is 2.36. The first-order chi connectivity index (χ1) is 11.6. The highest BCUT2D eigenvalue weighted by atomic mass is 35.5. The Labute approximate surface area is 146 Å². The molecule has 0 aliphatic carbocycles. The van der Waals surface area contributed by atoms with Gasteiger partial charge >= 0.3 is 6.18 Å². The number of nitrogens with zero attached hydrogens (tertiary/aromatic N) is 2. The summed E-state index contributed by atoms with van der Waals surface area (Å²) in [5.41, 5.74) is -0.154. The van der Waals surface area contributed by atoms with Crippen LogP contribution in [-0.2, 0) is 13.0 Å². The van der Waals surface area contributed by atoms with Crippen molar-refractivity contribution in [2.45, 2.75) is 46.0 Å². The number of halogens is 6. The summed E-state index contributed by atoms with van der Waals surface area (Å²) in [7, 11) is 0. The van der Waals surface area contributed by atoms with E-state index in [9.17, 15) is 22.0 Å². The van der Waals surface area contributed by atoms with Crippen LogP contribution in [0, 0.1) is 11.6 Å². The number of alkyl halides is 3. The fourth-order valence-corrected chi connectivity index (χ4v) is 2.76. The number of hydrogen-bond donors (Lipinski definition) is 1. The van der Waals surface area contributed by atoms with Crippen molar-refractivity contribution in [1.82, 2.24) is 9.78 Å². The third kappa shape index (κ3) is 3.89. The lowest BCUT2D eigenvalue weighted by Crippen LogP contribution is -2.33. The van der Waals surface area contributed by atoms with Crippen LogP contribution in [0.1, 0.15) is 26.5 Å². The molecule has 1 aromatic carbocycles. The van der Waals surface area contributed by atoms with Crippen molar-refractivity contribution >= 4 is 17.3 Å². The zero-order valence-electron chi connectivity index (χ0n) is 13.8. The maximum Gasteiger partial charge on any atom is 0.408 e. The zero-order valence-corrected chi connectivity index (χ0v) is 14.6. The van der Waals surface area contributed by atoms with Crippen LogP contribution in [0.5, 0.6) is 0 Å². The summed E-state index contributed by atoms with van der Waals surface area (Å²) in [6.07, 6.45) is -4.06. The fourth-order valence-electron chi connectivity index (χ4n) is 2.40. The van der Waals surface area contributed by atoms with Crippen LogP contribution in [0.25, 0.3) is 11.3 Å². The summed E-state index contributed by atoms with van der Waals surface area (Å²) in [6.45, 7) is 4.73. The minimum atomic E-state index is -4.54. The van der Waals surface area contributed by atoms with Crippen LogP contribution in [0.4, 0.5) is 27.6 Å². The quantitative estimate of drug-likeness (QED) is 0.700. The van der Waals surface area contributed by atoms with E-state index in [-0.39, 0.29) is 16.4 Å². The van der Waals surface area contributed by atoms with Gasteiger partial charge in [-0.3, -0.25) is 4.68 Å². The molecule has 1 aromatic heterocycles. The highest BCUT2D eigenvalue weighted by molar-refractivity contribution is 6.33. The van der Waals surface area contributed by atoms with Crippen molar-refractivity contribution in [2.24, 2.45) is 0 Å². The molecule has 0 fully saturated rings. The molecule has 25 heavy (non-hydrogen) atoms. The van der Waals surface area contributed by atoms with Crippen molar-refractivity contribution in [2.75, 3.05) is 5.32 Å². The van der Waals surface area contributed by atoms with E-state index in [1.165, 1.54) is 4.68 Å². The maximum absolute atomic E-state index is 14.5. The molecule has 3 nitrogen and oxygen atoms in total. The van der Waals surface area contributed by atoms with Crippen LogP contribution in [0.2, 0.25) is 5.02 Å². The van der Waals surface area contributed by atoms with Gasteiger partial charge in [-0.1, -0.05) is 18.5 Å². The number of hydrogen-bond acceptors (Lipinski definition) is 2. The van der Waals surface area contributed by atoms with E-state index in [1.54, 1.807) is 13.8 Å². The van der Waals surface area contributed by atoms with Gasteiger partial charge in [0.05, 0.1) is 22.0 Å². The van der Waals surface area contributed by atoms with E-state index in [0.29, 0.717) is 18.7 Å². The van der Waals surface area contributed by atoms with Gasteiger partial charge < -0.3 is 5.32 Å². The number of rotatable bonds is 5. The minimum Gasteiger partial charge on any atom is -0.374 e. The SMILES string of the molecule is CCc1nn(CC)c(-c2c(F)cc(N[C@H](C)C(F)(F)F)cc2F)c1Cl. The summed E-state index contributed by atoms with van der Waals surface area (Å²) in [6, 6.07) is -0.320. The van der Waals surface area contributed by atoms with Gasteiger partial charge in [0.1, 0.15) is 17.7 Å². The summed E-state index contributed by atoms with van der Waals surface area (Å²) in [5, 5.41) is 6.37. The van der Waals surface area contributed by atoms with Gasteiger partial charge in [-0.05, 0) is 32.4 Å². The molecule has 0 amide bonds. The molecular weight excluding hydrogens is 365 g/mol. The van der Waals surface area contributed by atoms with Crippen LogP contribution in [-0.4, -0.2) is 22.0 Å². The fraction of sp³-hybridized carbons (Fsp3) is 0.438. The van der Waals surface area contributed by atoms with Crippen molar-refractivity contribution in [3.63, 3.8) is 0 Å². The third-order valence-corrected chi connectivity index (χ3v) is 4.15. The lowest BCUT2D eigenvalue weighted by Gasteiger charge is -2.19. The number of anilines is 1. The molecule has 9 heteroatoms. The van der Waals surface area contributed by atoms with Gasteiger partial charge in [0.25, 0.3) is 0 Å². The number of aryl methyl sites for hydroxylation is 2. The molecule has 0 saturated heterocycles. The minimum absolute atomic E-state index is 0.0754. The van der Waals surface area contributed by atoms with E-state index in [2.05, 4.69) is 5.10 Å². The lowest BCUT2D eigenvalue weighted by atomic mass is 10.1. The smallest absolute Gasteiger partial charge is 0.374 e. The topological polar surface area (TPSA) is 29.9 Å². The molecule has 2 aromatic rings. The van der Waals surface area contributed by atoms with Gasteiger partial charge in [-0.15, -0.1) is 0 Å².